The fourth-order valence-electron chi connectivity index (χ4n) is 1.18. The van der Waals surface area contributed by atoms with Gasteiger partial charge in [0.2, 0.25) is 0 Å². The maximum absolute atomic E-state index is 9.75. The van der Waals surface area contributed by atoms with Gasteiger partial charge in [0.05, 0.1) is 12.5 Å². The van der Waals surface area contributed by atoms with Gasteiger partial charge in [-0.15, -0.1) is 0 Å². The highest BCUT2D eigenvalue weighted by Gasteiger charge is 1.98. The average molecular weight is 221 g/mol. The molecule has 4 heteroatoms. The van der Waals surface area contributed by atoms with Crippen LogP contribution in [0.25, 0.3) is 12.0 Å². The van der Waals surface area contributed by atoms with E-state index in [0.717, 1.165) is 0 Å². The average Bonchev–Trinajstić information content (AvgIpc) is 2.71. The van der Waals surface area contributed by atoms with E-state index in [1.165, 1.54) is 0 Å². The molecule has 1 N–H and O–H groups in total. The van der Waals surface area contributed by atoms with Gasteiger partial charge in [-0.2, -0.15) is 0 Å². The summed E-state index contributed by atoms with van der Waals surface area (Å²) in [6, 6.07) is 6.97. The zero-order valence-corrected chi connectivity index (χ0v) is 8.59. The van der Waals surface area contributed by atoms with Crippen LogP contribution in [0.5, 0.6) is 0 Å². The summed E-state index contributed by atoms with van der Waals surface area (Å²) in [5.74, 6) is 0.171. The summed E-state index contributed by atoms with van der Waals surface area (Å²) < 4.78 is 1.67. The topological polar surface area (TPSA) is 38.0 Å². The summed E-state index contributed by atoms with van der Waals surface area (Å²) >= 11 is 5.74. The fourth-order valence-corrected chi connectivity index (χ4v) is 1.31. The van der Waals surface area contributed by atoms with Crippen molar-refractivity contribution >= 4 is 23.6 Å². The molecular formula is C11H9ClN2O. The molecule has 0 unspecified atom stereocenters. The van der Waals surface area contributed by atoms with E-state index in [-0.39, 0.29) is 5.76 Å². The SMILES string of the molecule is O/C(=C\n1ccnc1)c1ccc(Cl)cc1. The maximum Gasteiger partial charge on any atom is 0.139 e. The van der Waals surface area contributed by atoms with Crippen molar-refractivity contribution in [1.82, 2.24) is 9.55 Å². The molecule has 1 heterocycles. The molecule has 0 aliphatic heterocycles. The van der Waals surface area contributed by atoms with Crippen molar-refractivity contribution in [2.75, 3.05) is 0 Å². The van der Waals surface area contributed by atoms with Crippen LogP contribution in [0.4, 0.5) is 0 Å². The van der Waals surface area contributed by atoms with Gasteiger partial charge in [-0.1, -0.05) is 11.6 Å². The molecule has 3 nitrogen and oxygen atoms in total. The van der Waals surface area contributed by atoms with Gasteiger partial charge >= 0.3 is 0 Å². The molecule has 0 spiro atoms. The molecule has 1 aromatic heterocycles. The van der Waals surface area contributed by atoms with E-state index in [1.807, 2.05) is 0 Å². The lowest BCUT2D eigenvalue weighted by molar-refractivity contribution is 0.513. The number of aliphatic hydroxyl groups excluding tert-OH is 1. The first kappa shape index (κ1) is 9.80. The van der Waals surface area contributed by atoms with Crippen molar-refractivity contribution in [3.8, 4) is 0 Å². The molecule has 0 saturated heterocycles. The quantitative estimate of drug-likeness (QED) is 0.790. The van der Waals surface area contributed by atoms with Crippen LogP contribution < -0.4 is 0 Å². The lowest BCUT2D eigenvalue weighted by atomic mass is 10.2. The standard InChI is InChI=1S/C11H9ClN2O/c12-10-3-1-9(2-4-10)11(15)7-14-6-5-13-8-14/h1-8,15H/b11-7-. The van der Waals surface area contributed by atoms with E-state index in [9.17, 15) is 5.11 Å². The van der Waals surface area contributed by atoms with Crippen LogP contribution in [0.3, 0.4) is 0 Å². The fraction of sp³-hybridized carbons (Fsp3) is 0. The number of hydrogen-bond donors (Lipinski definition) is 1. The van der Waals surface area contributed by atoms with Gasteiger partial charge in [0.15, 0.2) is 0 Å². The van der Waals surface area contributed by atoms with Gasteiger partial charge in [-0.3, -0.25) is 0 Å². The van der Waals surface area contributed by atoms with Gasteiger partial charge in [0.1, 0.15) is 5.76 Å². The Bertz CT molecular complexity index is 460. The zero-order valence-electron chi connectivity index (χ0n) is 7.84. The van der Waals surface area contributed by atoms with Crippen LogP contribution >= 0.6 is 11.6 Å². The van der Waals surface area contributed by atoms with Gasteiger partial charge in [-0.25, -0.2) is 4.98 Å². The Hall–Kier alpha value is -1.74. The Labute approximate surface area is 92.3 Å². The van der Waals surface area contributed by atoms with Crippen molar-refractivity contribution in [2.45, 2.75) is 0 Å². The molecule has 0 bridgehead atoms. The minimum absolute atomic E-state index is 0.171. The number of halogens is 1. The molecule has 0 fully saturated rings. The lowest BCUT2D eigenvalue weighted by Gasteiger charge is -2.00. The molecule has 0 aliphatic rings. The van der Waals surface area contributed by atoms with Crippen LogP contribution in [0.15, 0.2) is 43.0 Å². The number of benzene rings is 1. The third-order valence-electron chi connectivity index (χ3n) is 1.94. The first-order valence-corrected chi connectivity index (χ1v) is 4.77. The number of hydrogen-bond acceptors (Lipinski definition) is 2. The normalized spacial score (nSPS) is 11.7. The molecule has 15 heavy (non-hydrogen) atoms. The van der Waals surface area contributed by atoms with Crippen LogP contribution in [0, 0.1) is 0 Å². The number of nitrogens with zero attached hydrogens (tertiary/aromatic N) is 2. The van der Waals surface area contributed by atoms with Crippen LogP contribution in [-0.2, 0) is 0 Å². The van der Waals surface area contributed by atoms with E-state index < -0.39 is 0 Å². The smallest absolute Gasteiger partial charge is 0.139 e. The number of rotatable bonds is 2. The number of aliphatic hydroxyl groups is 1. The maximum atomic E-state index is 9.75. The van der Waals surface area contributed by atoms with Crippen LogP contribution in [0.2, 0.25) is 5.02 Å². The summed E-state index contributed by atoms with van der Waals surface area (Å²) in [7, 11) is 0. The first-order chi connectivity index (χ1) is 7.25. The predicted octanol–water partition coefficient (Wildman–Crippen LogP) is 3.05. The van der Waals surface area contributed by atoms with Gasteiger partial charge in [0.25, 0.3) is 0 Å². The summed E-state index contributed by atoms with van der Waals surface area (Å²) in [4.78, 5) is 3.87. The van der Waals surface area contributed by atoms with E-state index >= 15 is 0 Å². The van der Waals surface area contributed by atoms with E-state index in [2.05, 4.69) is 4.98 Å². The van der Waals surface area contributed by atoms with E-state index in [1.54, 1.807) is 53.8 Å². The third-order valence-corrected chi connectivity index (χ3v) is 2.19. The summed E-state index contributed by atoms with van der Waals surface area (Å²) in [5.41, 5.74) is 0.716. The summed E-state index contributed by atoms with van der Waals surface area (Å²) in [6.07, 6.45) is 6.57. The highest BCUT2D eigenvalue weighted by molar-refractivity contribution is 6.30. The zero-order chi connectivity index (χ0) is 10.7. The Morgan fingerprint density at radius 2 is 2.07 bits per heavy atom. The Kier molecular flexibility index (Phi) is 2.74. The van der Waals surface area contributed by atoms with Crippen LogP contribution in [-0.4, -0.2) is 14.7 Å². The molecule has 0 atom stereocenters. The second kappa shape index (κ2) is 4.19. The van der Waals surface area contributed by atoms with Crippen molar-refractivity contribution in [1.29, 1.82) is 0 Å². The Morgan fingerprint density at radius 1 is 1.33 bits per heavy atom. The highest BCUT2D eigenvalue weighted by Crippen LogP contribution is 2.15. The van der Waals surface area contributed by atoms with Gasteiger partial charge in [0, 0.05) is 23.0 Å². The highest BCUT2D eigenvalue weighted by atomic mass is 35.5. The molecule has 1 aromatic carbocycles. The first-order valence-electron chi connectivity index (χ1n) is 4.40. The Morgan fingerprint density at radius 3 is 2.67 bits per heavy atom. The van der Waals surface area contributed by atoms with Crippen molar-refractivity contribution < 1.29 is 5.11 Å². The third kappa shape index (κ3) is 2.39. The molecule has 2 aromatic rings. The molecule has 0 aliphatic carbocycles. The molecule has 0 amide bonds. The summed E-state index contributed by atoms with van der Waals surface area (Å²) in [6.45, 7) is 0. The number of imidazole rings is 1. The second-order valence-corrected chi connectivity index (χ2v) is 3.47. The van der Waals surface area contributed by atoms with E-state index in [0.29, 0.717) is 10.6 Å². The minimum atomic E-state index is 0.171. The molecule has 2 rings (SSSR count). The molecule has 0 saturated carbocycles. The second-order valence-electron chi connectivity index (χ2n) is 3.03. The lowest BCUT2D eigenvalue weighted by Crippen LogP contribution is -1.86. The van der Waals surface area contributed by atoms with Crippen LogP contribution in [0.1, 0.15) is 5.56 Å². The predicted molar refractivity (Wildman–Crippen MR) is 60.5 cm³/mol. The largest absolute Gasteiger partial charge is 0.506 e. The minimum Gasteiger partial charge on any atom is -0.506 e. The van der Waals surface area contributed by atoms with Gasteiger partial charge < -0.3 is 9.67 Å². The molecule has 76 valence electrons. The van der Waals surface area contributed by atoms with Crippen molar-refractivity contribution in [3.63, 3.8) is 0 Å². The van der Waals surface area contributed by atoms with E-state index in [4.69, 9.17) is 11.6 Å². The van der Waals surface area contributed by atoms with Gasteiger partial charge in [-0.05, 0) is 24.3 Å². The van der Waals surface area contributed by atoms with Crippen molar-refractivity contribution in [3.05, 3.63) is 53.6 Å². The monoisotopic (exact) mass is 220 g/mol. The van der Waals surface area contributed by atoms with Crippen molar-refractivity contribution in [2.24, 2.45) is 0 Å². The molecule has 0 radical (unpaired) electrons. The Balaban J connectivity index is 2.28. The molecular weight excluding hydrogens is 212 g/mol. The summed E-state index contributed by atoms with van der Waals surface area (Å²) in [5, 5.41) is 10.4. The number of aromatic nitrogens is 2.